The molecular weight excluding hydrogens is 468 g/mol. The highest BCUT2D eigenvalue weighted by Gasteiger charge is 2.26. The molecule has 34 heavy (non-hydrogen) atoms. The minimum atomic E-state index is -4.06. The number of aliphatic imine (C=N–C) groups is 1. The zero-order chi connectivity index (χ0) is 23.5. The monoisotopic (exact) mass is 486 g/mol. The molecule has 1 heterocycles. The number of benzene rings is 4. The summed E-state index contributed by atoms with van der Waals surface area (Å²) in [5, 5.41) is 4.86. The van der Waals surface area contributed by atoms with Crippen LogP contribution in [0.25, 0.3) is 16.8 Å². The van der Waals surface area contributed by atoms with Crippen molar-refractivity contribution in [1.82, 2.24) is 5.32 Å². The maximum absolute atomic E-state index is 12.9. The van der Waals surface area contributed by atoms with Crippen molar-refractivity contribution in [1.29, 1.82) is 0 Å². The molecule has 0 atom stereocenters. The van der Waals surface area contributed by atoms with Crippen LogP contribution in [0.15, 0.2) is 112 Å². The molecule has 0 radical (unpaired) electrons. The van der Waals surface area contributed by atoms with E-state index in [1.165, 1.54) is 23.9 Å². The fourth-order valence-corrected chi connectivity index (χ4v) is 5.27. The molecule has 6 nitrogen and oxygen atoms in total. The summed E-state index contributed by atoms with van der Waals surface area (Å²) in [5.41, 5.74) is 1.21. The minimum Gasteiger partial charge on any atom is -0.378 e. The first-order valence-corrected chi connectivity index (χ1v) is 12.6. The second-order valence-corrected chi connectivity index (χ2v) is 9.94. The Balaban J connectivity index is 1.57. The van der Waals surface area contributed by atoms with Gasteiger partial charge in [-0.05, 0) is 58.9 Å². The number of fused-ring (bicyclic) bond motifs is 1. The van der Waals surface area contributed by atoms with E-state index < -0.39 is 10.1 Å². The maximum Gasteiger partial charge on any atom is 0.339 e. The Hall–Kier alpha value is -3.88. The Labute approximate surface area is 201 Å². The smallest absolute Gasteiger partial charge is 0.339 e. The van der Waals surface area contributed by atoms with E-state index >= 15 is 0 Å². The highest BCUT2D eigenvalue weighted by atomic mass is 32.2. The molecule has 1 aliphatic rings. The van der Waals surface area contributed by atoms with Gasteiger partial charge in [-0.1, -0.05) is 66.7 Å². The van der Waals surface area contributed by atoms with Crippen LogP contribution >= 0.6 is 11.8 Å². The average Bonchev–Trinajstić information content (AvgIpc) is 3.20. The van der Waals surface area contributed by atoms with Crippen LogP contribution in [0.5, 0.6) is 5.75 Å². The number of amides is 1. The van der Waals surface area contributed by atoms with Crippen molar-refractivity contribution in [3.05, 3.63) is 108 Å². The van der Waals surface area contributed by atoms with Gasteiger partial charge in [0.2, 0.25) is 0 Å². The lowest BCUT2D eigenvalue weighted by molar-refractivity contribution is -0.115. The van der Waals surface area contributed by atoms with Crippen LogP contribution < -0.4 is 9.50 Å². The van der Waals surface area contributed by atoms with Gasteiger partial charge in [0, 0.05) is 5.56 Å². The number of thioether (sulfide) groups is 1. The number of nitrogens with one attached hydrogen (secondary N) is 1. The van der Waals surface area contributed by atoms with Crippen LogP contribution in [-0.4, -0.2) is 19.5 Å². The molecule has 1 N–H and O–H groups in total. The van der Waals surface area contributed by atoms with E-state index in [9.17, 15) is 13.2 Å². The molecule has 1 aliphatic heterocycles. The van der Waals surface area contributed by atoms with Crippen molar-refractivity contribution in [2.24, 2.45) is 4.99 Å². The third-order valence-corrected chi connectivity index (χ3v) is 7.23. The van der Waals surface area contributed by atoms with Gasteiger partial charge in [0.05, 0.1) is 10.6 Å². The molecule has 0 bridgehead atoms. The van der Waals surface area contributed by atoms with Gasteiger partial charge in [-0.2, -0.15) is 8.42 Å². The van der Waals surface area contributed by atoms with Crippen molar-refractivity contribution >= 4 is 55.5 Å². The second-order valence-electron chi connectivity index (χ2n) is 7.37. The van der Waals surface area contributed by atoms with Crippen LogP contribution in [0.4, 0.5) is 5.69 Å². The molecule has 5 rings (SSSR count). The van der Waals surface area contributed by atoms with Crippen LogP contribution in [0.2, 0.25) is 0 Å². The van der Waals surface area contributed by atoms with Crippen molar-refractivity contribution in [3.8, 4) is 5.75 Å². The van der Waals surface area contributed by atoms with Gasteiger partial charge in [-0.15, -0.1) is 0 Å². The van der Waals surface area contributed by atoms with Gasteiger partial charge in [-0.25, -0.2) is 4.99 Å². The summed E-state index contributed by atoms with van der Waals surface area (Å²) < 4.78 is 31.4. The lowest BCUT2D eigenvalue weighted by Crippen LogP contribution is -2.19. The highest BCUT2D eigenvalue weighted by molar-refractivity contribution is 8.18. The van der Waals surface area contributed by atoms with E-state index in [2.05, 4.69) is 10.3 Å². The van der Waals surface area contributed by atoms with E-state index in [1.807, 2.05) is 54.6 Å². The standard InChI is InChI=1S/C26H18N2O4S2/c29-25-24(33-26(28-25)27-19-10-3-1-4-11-19)17-22-21-14-8-7-9-18(21)15-16-23(22)32-34(30,31)20-12-5-2-6-13-20/h1-17H,(H,27,28,29). The first-order valence-electron chi connectivity index (χ1n) is 10.4. The molecular formula is C26H18N2O4S2. The summed E-state index contributed by atoms with van der Waals surface area (Å²) >= 11 is 1.19. The molecule has 0 aliphatic carbocycles. The van der Waals surface area contributed by atoms with E-state index in [-0.39, 0.29) is 16.6 Å². The third kappa shape index (κ3) is 4.59. The van der Waals surface area contributed by atoms with Gasteiger partial charge >= 0.3 is 10.1 Å². The lowest BCUT2D eigenvalue weighted by Gasteiger charge is -2.12. The first-order chi connectivity index (χ1) is 16.5. The number of para-hydroxylation sites is 1. The van der Waals surface area contributed by atoms with Gasteiger partial charge in [0.25, 0.3) is 5.91 Å². The van der Waals surface area contributed by atoms with Crippen molar-refractivity contribution in [3.63, 3.8) is 0 Å². The Morgan fingerprint density at radius 1 is 0.824 bits per heavy atom. The number of amidine groups is 1. The number of carbonyl (C=O) groups excluding carboxylic acids is 1. The van der Waals surface area contributed by atoms with Gasteiger partial charge < -0.3 is 9.50 Å². The topological polar surface area (TPSA) is 84.8 Å². The fourth-order valence-electron chi connectivity index (χ4n) is 3.48. The molecule has 4 aromatic rings. The Kier molecular flexibility index (Phi) is 5.91. The van der Waals surface area contributed by atoms with E-state index in [0.29, 0.717) is 15.6 Å². The Morgan fingerprint density at radius 2 is 1.50 bits per heavy atom. The summed E-state index contributed by atoms with van der Waals surface area (Å²) in [4.78, 5) is 17.6. The van der Waals surface area contributed by atoms with Crippen molar-refractivity contribution in [2.75, 3.05) is 0 Å². The average molecular weight is 487 g/mol. The summed E-state index contributed by atoms with van der Waals surface area (Å²) in [6, 6.07) is 28.2. The normalized spacial score (nSPS) is 16.2. The molecule has 0 saturated carbocycles. The number of carbonyl (C=O) groups is 1. The summed E-state index contributed by atoms with van der Waals surface area (Å²) in [7, 11) is -4.06. The van der Waals surface area contributed by atoms with Crippen LogP contribution in [0.1, 0.15) is 5.56 Å². The molecule has 1 amide bonds. The summed E-state index contributed by atoms with van der Waals surface area (Å²) in [6.45, 7) is 0. The molecule has 1 fully saturated rings. The molecule has 0 aromatic heterocycles. The largest absolute Gasteiger partial charge is 0.378 e. The van der Waals surface area contributed by atoms with Crippen LogP contribution in [-0.2, 0) is 14.9 Å². The first kappa shape index (κ1) is 21.9. The predicted octanol–water partition coefficient (Wildman–Crippen LogP) is 5.50. The molecule has 0 spiro atoms. The maximum atomic E-state index is 12.9. The third-order valence-electron chi connectivity index (χ3n) is 5.08. The predicted molar refractivity (Wildman–Crippen MR) is 135 cm³/mol. The molecule has 168 valence electrons. The quantitative estimate of drug-likeness (QED) is 0.297. The van der Waals surface area contributed by atoms with Crippen molar-refractivity contribution in [2.45, 2.75) is 4.90 Å². The van der Waals surface area contributed by atoms with Crippen LogP contribution in [0.3, 0.4) is 0 Å². The zero-order valence-electron chi connectivity index (χ0n) is 17.7. The molecule has 1 saturated heterocycles. The van der Waals surface area contributed by atoms with Gasteiger partial charge in [-0.3, -0.25) is 4.79 Å². The summed E-state index contributed by atoms with van der Waals surface area (Å²) in [5.74, 6) is -0.179. The summed E-state index contributed by atoms with van der Waals surface area (Å²) in [6.07, 6.45) is 1.64. The zero-order valence-corrected chi connectivity index (χ0v) is 19.3. The molecule has 0 unspecified atom stereocenters. The number of nitrogens with zero attached hydrogens (tertiary/aromatic N) is 1. The second kappa shape index (κ2) is 9.17. The van der Waals surface area contributed by atoms with E-state index in [1.54, 1.807) is 36.4 Å². The number of hydrogen-bond donors (Lipinski definition) is 1. The Morgan fingerprint density at radius 3 is 2.26 bits per heavy atom. The molecule has 8 heteroatoms. The Bertz CT molecular complexity index is 1550. The fraction of sp³-hybridized carbons (Fsp3) is 0. The lowest BCUT2D eigenvalue weighted by atomic mass is 10.0. The number of rotatable bonds is 5. The minimum absolute atomic E-state index is 0.0482. The molecule has 4 aromatic carbocycles. The van der Waals surface area contributed by atoms with Crippen molar-refractivity contribution < 1.29 is 17.4 Å². The van der Waals surface area contributed by atoms with Gasteiger partial charge in [0.15, 0.2) is 10.9 Å². The number of hydrogen-bond acceptors (Lipinski definition) is 6. The van der Waals surface area contributed by atoms with Gasteiger partial charge in [0.1, 0.15) is 4.90 Å². The van der Waals surface area contributed by atoms with E-state index in [4.69, 9.17) is 4.18 Å². The van der Waals surface area contributed by atoms with E-state index in [0.717, 1.165) is 16.5 Å². The van der Waals surface area contributed by atoms with Crippen LogP contribution in [0, 0.1) is 0 Å². The highest BCUT2D eigenvalue weighted by Crippen LogP contribution is 2.35. The SMILES string of the molecule is O=C1NC(=Nc2ccccc2)SC1=Cc1c(OS(=O)(=O)c2ccccc2)ccc2ccccc12.